The van der Waals surface area contributed by atoms with Crippen LogP contribution in [0.5, 0.6) is 0 Å². The van der Waals surface area contributed by atoms with E-state index in [-0.39, 0.29) is 5.91 Å². The Labute approximate surface area is 103 Å². The molecule has 0 atom stereocenters. The van der Waals surface area contributed by atoms with Gasteiger partial charge < -0.3 is 15.6 Å². The SMILES string of the molecule is Cn1cccc1CNC(=O)CCCCCCN. The third-order valence-electron chi connectivity index (χ3n) is 2.88. The summed E-state index contributed by atoms with van der Waals surface area (Å²) in [7, 11) is 1.98. The number of carbonyl (C=O) groups excluding carboxylic acids is 1. The van der Waals surface area contributed by atoms with Crippen LogP contribution in [0.15, 0.2) is 18.3 Å². The molecule has 0 unspecified atom stereocenters. The summed E-state index contributed by atoms with van der Waals surface area (Å²) in [6.45, 7) is 1.37. The molecule has 0 aliphatic carbocycles. The lowest BCUT2D eigenvalue weighted by atomic mass is 10.1. The first kappa shape index (κ1) is 13.8. The average Bonchev–Trinajstić information content (AvgIpc) is 2.72. The topological polar surface area (TPSA) is 60.0 Å². The minimum atomic E-state index is 0.138. The molecule has 3 N–H and O–H groups in total. The summed E-state index contributed by atoms with van der Waals surface area (Å²) >= 11 is 0. The van der Waals surface area contributed by atoms with Gasteiger partial charge in [0, 0.05) is 25.4 Å². The normalized spacial score (nSPS) is 10.5. The molecule has 0 aromatic carbocycles. The predicted octanol–water partition coefficient (Wildman–Crippen LogP) is 1.55. The number of hydrogen-bond acceptors (Lipinski definition) is 2. The number of nitrogens with zero attached hydrogens (tertiary/aromatic N) is 1. The summed E-state index contributed by atoms with van der Waals surface area (Å²) in [6, 6.07) is 4.00. The Morgan fingerprint density at radius 2 is 2.12 bits per heavy atom. The largest absolute Gasteiger partial charge is 0.353 e. The lowest BCUT2D eigenvalue weighted by Crippen LogP contribution is -2.23. The molecule has 1 amide bonds. The van der Waals surface area contributed by atoms with Gasteiger partial charge >= 0.3 is 0 Å². The van der Waals surface area contributed by atoms with Crippen molar-refractivity contribution in [2.45, 2.75) is 38.6 Å². The number of nitrogens with two attached hydrogens (primary N) is 1. The Hall–Kier alpha value is -1.29. The Morgan fingerprint density at radius 1 is 1.35 bits per heavy atom. The molecule has 4 heteroatoms. The zero-order valence-corrected chi connectivity index (χ0v) is 10.6. The van der Waals surface area contributed by atoms with Gasteiger partial charge in [0.2, 0.25) is 5.91 Å². The first-order valence-corrected chi connectivity index (χ1v) is 6.31. The van der Waals surface area contributed by atoms with Crippen LogP contribution >= 0.6 is 0 Å². The second-order valence-electron chi connectivity index (χ2n) is 4.34. The molecular formula is C13H23N3O. The number of amides is 1. The highest BCUT2D eigenvalue weighted by molar-refractivity contribution is 5.75. The number of aromatic nitrogens is 1. The zero-order chi connectivity index (χ0) is 12.5. The molecule has 0 aliphatic rings. The molecule has 1 aromatic rings. The van der Waals surface area contributed by atoms with E-state index in [4.69, 9.17) is 5.73 Å². The summed E-state index contributed by atoms with van der Waals surface area (Å²) in [5.74, 6) is 0.138. The van der Waals surface area contributed by atoms with E-state index in [0.29, 0.717) is 13.0 Å². The zero-order valence-electron chi connectivity index (χ0n) is 10.6. The van der Waals surface area contributed by atoms with E-state index in [9.17, 15) is 4.79 Å². The van der Waals surface area contributed by atoms with Crippen LogP contribution in [-0.2, 0) is 18.4 Å². The lowest BCUT2D eigenvalue weighted by molar-refractivity contribution is -0.121. The van der Waals surface area contributed by atoms with Gasteiger partial charge in [-0.15, -0.1) is 0 Å². The van der Waals surface area contributed by atoms with Gasteiger partial charge in [-0.3, -0.25) is 4.79 Å². The van der Waals surface area contributed by atoms with Crippen molar-refractivity contribution in [3.63, 3.8) is 0 Å². The second-order valence-corrected chi connectivity index (χ2v) is 4.34. The predicted molar refractivity (Wildman–Crippen MR) is 69.4 cm³/mol. The third kappa shape index (κ3) is 5.54. The molecule has 1 aromatic heterocycles. The molecule has 0 radical (unpaired) electrons. The fourth-order valence-electron chi connectivity index (χ4n) is 1.74. The molecule has 17 heavy (non-hydrogen) atoms. The Bertz CT molecular complexity index is 333. The van der Waals surface area contributed by atoms with Crippen LogP contribution in [0.1, 0.15) is 37.8 Å². The van der Waals surface area contributed by atoms with E-state index in [1.165, 1.54) is 0 Å². The van der Waals surface area contributed by atoms with Gasteiger partial charge in [-0.05, 0) is 31.5 Å². The van der Waals surface area contributed by atoms with E-state index < -0.39 is 0 Å². The minimum Gasteiger partial charge on any atom is -0.353 e. The van der Waals surface area contributed by atoms with Crippen LogP contribution in [-0.4, -0.2) is 17.0 Å². The first-order chi connectivity index (χ1) is 8.24. The number of nitrogens with one attached hydrogen (secondary N) is 1. The Kier molecular flexibility index (Phi) is 6.40. The summed E-state index contributed by atoms with van der Waals surface area (Å²) in [6.07, 6.45) is 6.84. The van der Waals surface area contributed by atoms with Gasteiger partial charge in [0.25, 0.3) is 0 Å². The van der Waals surface area contributed by atoms with Crippen LogP contribution in [0.2, 0.25) is 0 Å². The number of rotatable bonds is 8. The monoisotopic (exact) mass is 237 g/mol. The molecule has 0 fully saturated rings. The molecule has 0 spiro atoms. The van der Waals surface area contributed by atoms with E-state index in [1.54, 1.807) is 0 Å². The Balaban J connectivity index is 2.07. The third-order valence-corrected chi connectivity index (χ3v) is 2.88. The van der Waals surface area contributed by atoms with E-state index in [2.05, 4.69) is 5.32 Å². The molecule has 4 nitrogen and oxygen atoms in total. The fourth-order valence-corrected chi connectivity index (χ4v) is 1.74. The Morgan fingerprint density at radius 3 is 2.76 bits per heavy atom. The number of hydrogen-bond donors (Lipinski definition) is 2. The van der Waals surface area contributed by atoms with Crippen LogP contribution < -0.4 is 11.1 Å². The van der Waals surface area contributed by atoms with Crippen molar-refractivity contribution in [2.75, 3.05) is 6.54 Å². The van der Waals surface area contributed by atoms with Crippen LogP contribution in [0.3, 0.4) is 0 Å². The highest BCUT2D eigenvalue weighted by Gasteiger charge is 2.02. The average molecular weight is 237 g/mol. The van der Waals surface area contributed by atoms with Crippen LogP contribution in [0.25, 0.3) is 0 Å². The quantitative estimate of drug-likeness (QED) is 0.674. The van der Waals surface area contributed by atoms with E-state index in [0.717, 1.165) is 37.9 Å². The van der Waals surface area contributed by atoms with Gasteiger partial charge in [-0.25, -0.2) is 0 Å². The standard InChI is InChI=1S/C13H23N3O/c1-16-10-6-7-12(16)11-15-13(17)8-4-2-3-5-9-14/h6-7,10H,2-5,8-9,11,14H2,1H3,(H,15,17). The maximum absolute atomic E-state index is 11.5. The van der Waals surface area contributed by atoms with Gasteiger partial charge in [0.15, 0.2) is 0 Å². The number of carbonyl (C=O) groups is 1. The second kappa shape index (κ2) is 7.90. The van der Waals surface area contributed by atoms with Crippen molar-refractivity contribution in [3.8, 4) is 0 Å². The molecule has 96 valence electrons. The van der Waals surface area contributed by atoms with E-state index in [1.807, 2.05) is 29.9 Å². The maximum atomic E-state index is 11.5. The van der Waals surface area contributed by atoms with Crippen molar-refractivity contribution >= 4 is 5.91 Å². The van der Waals surface area contributed by atoms with Crippen molar-refractivity contribution in [3.05, 3.63) is 24.0 Å². The molecule has 0 aliphatic heterocycles. The molecule has 0 bridgehead atoms. The number of unbranched alkanes of at least 4 members (excludes halogenated alkanes) is 3. The van der Waals surface area contributed by atoms with Crippen LogP contribution in [0, 0.1) is 0 Å². The van der Waals surface area contributed by atoms with Crippen molar-refractivity contribution in [2.24, 2.45) is 12.8 Å². The summed E-state index contributed by atoms with van der Waals surface area (Å²) in [4.78, 5) is 11.5. The molecular weight excluding hydrogens is 214 g/mol. The fraction of sp³-hybridized carbons (Fsp3) is 0.615. The van der Waals surface area contributed by atoms with Gasteiger partial charge in [0.05, 0.1) is 6.54 Å². The highest BCUT2D eigenvalue weighted by Crippen LogP contribution is 2.03. The van der Waals surface area contributed by atoms with E-state index >= 15 is 0 Å². The molecule has 1 rings (SSSR count). The van der Waals surface area contributed by atoms with Gasteiger partial charge in [-0.2, -0.15) is 0 Å². The lowest BCUT2D eigenvalue weighted by Gasteiger charge is -2.06. The molecule has 1 heterocycles. The summed E-state index contributed by atoms with van der Waals surface area (Å²) < 4.78 is 2.02. The minimum absolute atomic E-state index is 0.138. The smallest absolute Gasteiger partial charge is 0.220 e. The summed E-state index contributed by atoms with van der Waals surface area (Å²) in [5, 5.41) is 2.93. The van der Waals surface area contributed by atoms with Crippen molar-refractivity contribution in [1.82, 2.24) is 9.88 Å². The summed E-state index contributed by atoms with van der Waals surface area (Å²) in [5.41, 5.74) is 6.53. The van der Waals surface area contributed by atoms with Gasteiger partial charge in [0.1, 0.15) is 0 Å². The van der Waals surface area contributed by atoms with Crippen molar-refractivity contribution < 1.29 is 4.79 Å². The van der Waals surface area contributed by atoms with Gasteiger partial charge in [-0.1, -0.05) is 12.8 Å². The van der Waals surface area contributed by atoms with Crippen LogP contribution in [0.4, 0.5) is 0 Å². The first-order valence-electron chi connectivity index (χ1n) is 6.31. The maximum Gasteiger partial charge on any atom is 0.220 e. The molecule has 0 saturated carbocycles. The van der Waals surface area contributed by atoms with Crippen molar-refractivity contribution in [1.29, 1.82) is 0 Å². The highest BCUT2D eigenvalue weighted by atomic mass is 16.1. The molecule has 0 saturated heterocycles. The number of aryl methyl sites for hydroxylation is 1.